The first-order valence-corrected chi connectivity index (χ1v) is 14.6. The van der Waals surface area contributed by atoms with Crippen LogP contribution in [0.1, 0.15) is 64.3 Å². The summed E-state index contributed by atoms with van der Waals surface area (Å²) in [6.07, 6.45) is -1.29. The van der Waals surface area contributed by atoms with Gasteiger partial charge in [0.15, 0.2) is 15.9 Å². The van der Waals surface area contributed by atoms with E-state index in [4.69, 9.17) is 27.9 Å². The zero-order valence-corrected chi connectivity index (χ0v) is 24.0. The van der Waals surface area contributed by atoms with E-state index >= 15 is 0 Å². The minimum atomic E-state index is -3.57. The highest BCUT2D eigenvalue weighted by atomic mass is 35.5. The van der Waals surface area contributed by atoms with Crippen molar-refractivity contribution in [2.45, 2.75) is 70.1 Å². The fourth-order valence-electron chi connectivity index (χ4n) is 4.38. The molecular formula is C27H34Cl2N2O5S. The Morgan fingerprint density at radius 3 is 2.27 bits per heavy atom. The van der Waals surface area contributed by atoms with Crippen LogP contribution in [0.5, 0.6) is 0 Å². The number of benzene rings is 2. The third-order valence-electron chi connectivity index (χ3n) is 6.56. The Kier molecular flexibility index (Phi) is 9.32. The number of halogens is 2. The van der Waals surface area contributed by atoms with Crippen LogP contribution >= 0.6 is 23.2 Å². The summed E-state index contributed by atoms with van der Waals surface area (Å²) in [6.45, 7) is 8.14. The lowest BCUT2D eigenvalue weighted by Crippen LogP contribution is -2.58. The SMILES string of the molecule is CCC(CS(=O)(=O)C(C)(C)C)N1C(=O)[C@@H](CNC(C)=O)O[C@H](c2cccc(Cl)c2)[C@H]1c1ccc(Cl)cc1. The van der Waals surface area contributed by atoms with Crippen LogP contribution in [0.25, 0.3) is 0 Å². The Hall–Kier alpha value is -2.13. The van der Waals surface area contributed by atoms with Gasteiger partial charge in [0.25, 0.3) is 5.91 Å². The fourth-order valence-corrected chi connectivity index (χ4v) is 6.10. The van der Waals surface area contributed by atoms with E-state index in [1.165, 1.54) is 6.92 Å². The molecule has 1 aliphatic rings. The number of nitrogens with zero attached hydrogens (tertiary/aromatic N) is 1. The molecule has 7 nitrogen and oxygen atoms in total. The molecule has 2 aromatic rings. The minimum Gasteiger partial charge on any atom is -0.356 e. The van der Waals surface area contributed by atoms with Crippen LogP contribution in [0.3, 0.4) is 0 Å². The molecule has 0 aliphatic carbocycles. The molecule has 1 fully saturated rings. The molecule has 37 heavy (non-hydrogen) atoms. The molecule has 1 aliphatic heterocycles. The molecule has 4 atom stereocenters. The quantitative estimate of drug-likeness (QED) is 0.476. The third kappa shape index (κ3) is 6.85. The van der Waals surface area contributed by atoms with E-state index in [0.29, 0.717) is 16.5 Å². The number of sulfone groups is 1. The highest BCUT2D eigenvalue weighted by Gasteiger charge is 2.48. The lowest BCUT2D eigenvalue weighted by molar-refractivity contribution is -0.178. The predicted octanol–water partition coefficient (Wildman–Crippen LogP) is 5.13. The zero-order valence-electron chi connectivity index (χ0n) is 21.7. The van der Waals surface area contributed by atoms with E-state index in [9.17, 15) is 18.0 Å². The van der Waals surface area contributed by atoms with Gasteiger partial charge < -0.3 is 15.0 Å². The van der Waals surface area contributed by atoms with Gasteiger partial charge in [0.1, 0.15) is 6.10 Å². The van der Waals surface area contributed by atoms with Gasteiger partial charge in [-0.2, -0.15) is 0 Å². The standard InChI is InChI=1S/C27H34Cl2N2O5S/c1-6-22(16-37(34,35)27(3,4)5)31-24(18-10-12-20(28)13-11-18)25(19-8-7-9-21(29)14-19)36-23(26(31)33)15-30-17(2)32/h7-14,22-25H,6,15-16H2,1-5H3,(H,30,32)/t22?,23-,24-,25-/m1/s1. The van der Waals surface area contributed by atoms with Crippen molar-refractivity contribution in [1.82, 2.24) is 10.2 Å². The second-order valence-corrected chi connectivity index (χ2v) is 13.9. The van der Waals surface area contributed by atoms with Crippen molar-refractivity contribution in [2.75, 3.05) is 12.3 Å². The first-order valence-electron chi connectivity index (χ1n) is 12.2. The Balaban J connectivity index is 2.19. The smallest absolute Gasteiger partial charge is 0.254 e. The van der Waals surface area contributed by atoms with E-state index in [1.807, 2.05) is 25.1 Å². The Labute approximate surface area is 229 Å². The first-order chi connectivity index (χ1) is 17.2. The van der Waals surface area contributed by atoms with Crippen molar-refractivity contribution in [3.05, 3.63) is 69.7 Å². The normalized spacial score (nSPS) is 21.5. The van der Waals surface area contributed by atoms with Gasteiger partial charge in [-0.3, -0.25) is 9.59 Å². The lowest BCUT2D eigenvalue weighted by atomic mass is 9.90. The molecule has 0 saturated carbocycles. The lowest BCUT2D eigenvalue weighted by Gasteiger charge is -2.48. The molecule has 0 aromatic heterocycles. The van der Waals surface area contributed by atoms with Crippen molar-refractivity contribution in [2.24, 2.45) is 0 Å². The summed E-state index contributed by atoms with van der Waals surface area (Å²) in [4.78, 5) is 27.3. The van der Waals surface area contributed by atoms with E-state index in [-0.39, 0.29) is 24.1 Å². The van der Waals surface area contributed by atoms with Gasteiger partial charge in [0, 0.05) is 23.0 Å². The second kappa shape index (κ2) is 11.7. The third-order valence-corrected chi connectivity index (χ3v) is 9.74. The molecule has 1 unspecified atom stereocenters. The summed E-state index contributed by atoms with van der Waals surface area (Å²) in [5.74, 6) is -0.898. The number of morpholine rings is 1. The number of hydrogen-bond acceptors (Lipinski definition) is 5. The molecule has 202 valence electrons. The zero-order chi connectivity index (χ0) is 27.5. The van der Waals surface area contributed by atoms with Crippen molar-refractivity contribution >= 4 is 44.9 Å². The maximum absolute atomic E-state index is 14.0. The van der Waals surface area contributed by atoms with Crippen LogP contribution in [0.4, 0.5) is 0 Å². The molecule has 2 aromatic carbocycles. The summed E-state index contributed by atoms with van der Waals surface area (Å²) in [5.41, 5.74) is 1.47. The molecule has 0 bridgehead atoms. The van der Waals surface area contributed by atoms with Crippen LogP contribution in [-0.2, 0) is 24.2 Å². The summed E-state index contributed by atoms with van der Waals surface area (Å²) in [6, 6.07) is 13.0. The number of nitrogens with one attached hydrogen (secondary N) is 1. The van der Waals surface area contributed by atoms with Crippen LogP contribution in [0.2, 0.25) is 10.0 Å². The Morgan fingerprint density at radius 1 is 1.08 bits per heavy atom. The molecule has 0 radical (unpaired) electrons. The van der Waals surface area contributed by atoms with Gasteiger partial charge in [-0.1, -0.05) is 54.4 Å². The topological polar surface area (TPSA) is 92.8 Å². The largest absolute Gasteiger partial charge is 0.356 e. The second-order valence-electron chi connectivity index (χ2n) is 10.2. The van der Waals surface area contributed by atoms with Gasteiger partial charge in [-0.15, -0.1) is 0 Å². The first kappa shape index (κ1) is 29.4. The minimum absolute atomic E-state index is 0.0441. The number of hydrogen-bond donors (Lipinski definition) is 1. The van der Waals surface area contributed by atoms with Crippen LogP contribution in [-0.4, -0.2) is 54.3 Å². The van der Waals surface area contributed by atoms with Crippen molar-refractivity contribution in [3.63, 3.8) is 0 Å². The highest BCUT2D eigenvalue weighted by Crippen LogP contribution is 2.44. The summed E-state index contributed by atoms with van der Waals surface area (Å²) in [5, 5.41) is 3.70. The molecule has 2 amide bonds. The molecule has 10 heteroatoms. The number of carbonyl (C=O) groups is 2. The van der Waals surface area contributed by atoms with Crippen molar-refractivity contribution in [3.8, 4) is 0 Å². The summed E-state index contributed by atoms with van der Waals surface area (Å²) in [7, 11) is -3.57. The fraction of sp³-hybridized carbons (Fsp3) is 0.481. The van der Waals surface area contributed by atoms with Gasteiger partial charge in [-0.25, -0.2) is 8.42 Å². The monoisotopic (exact) mass is 568 g/mol. The molecule has 1 N–H and O–H groups in total. The highest BCUT2D eigenvalue weighted by molar-refractivity contribution is 7.92. The average molecular weight is 570 g/mol. The Morgan fingerprint density at radius 2 is 1.73 bits per heavy atom. The molecule has 1 heterocycles. The van der Waals surface area contributed by atoms with Crippen LogP contribution in [0, 0.1) is 0 Å². The van der Waals surface area contributed by atoms with E-state index in [0.717, 1.165) is 11.1 Å². The molecule has 3 rings (SSSR count). The number of amides is 2. The van der Waals surface area contributed by atoms with Crippen LogP contribution in [0.15, 0.2) is 48.5 Å². The Bertz CT molecular complexity index is 1230. The molecule has 0 spiro atoms. The van der Waals surface area contributed by atoms with Gasteiger partial charge in [0.05, 0.1) is 23.1 Å². The van der Waals surface area contributed by atoms with Crippen LogP contribution < -0.4 is 5.32 Å². The van der Waals surface area contributed by atoms with Gasteiger partial charge in [0.2, 0.25) is 5.91 Å². The van der Waals surface area contributed by atoms with Crippen molar-refractivity contribution < 1.29 is 22.7 Å². The number of ether oxygens (including phenoxy) is 1. The summed E-state index contributed by atoms with van der Waals surface area (Å²) >= 11 is 12.5. The average Bonchev–Trinajstić information content (AvgIpc) is 2.81. The van der Waals surface area contributed by atoms with E-state index in [1.54, 1.807) is 56.0 Å². The van der Waals surface area contributed by atoms with E-state index < -0.39 is 38.9 Å². The molecular weight excluding hydrogens is 535 g/mol. The van der Waals surface area contributed by atoms with Crippen molar-refractivity contribution in [1.29, 1.82) is 0 Å². The number of carbonyl (C=O) groups excluding carboxylic acids is 2. The molecule has 1 saturated heterocycles. The predicted molar refractivity (Wildman–Crippen MR) is 146 cm³/mol. The van der Waals surface area contributed by atoms with Gasteiger partial charge in [-0.05, 0) is 62.6 Å². The van der Waals surface area contributed by atoms with Gasteiger partial charge >= 0.3 is 0 Å². The maximum atomic E-state index is 14.0. The maximum Gasteiger partial charge on any atom is 0.254 e. The number of rotatable bonds is 8. The van der Waals surface area contributed by atoms with E-state index in [2.05, 4.69) is 5.32 Å². The summed E-state index contributed by atoms with van der Waals surface area (Å²) < 4.78 is 32.0.